The van der Waals surface area contributed by atoms with Crippen LogP contribution in [0, 0.1) is 113 Å². The summed E-state index contributed by atoms with van der Waals surface area (Å²) in [7, 11) is 0. The van der Waals surface area contributed by atoms with Gasteiger partial charge >= 0.3 is 5.97 Å². The van der Waals surface area contributed by atoms with E-state index in [1.165, 1.54) is 0 Å². The number of anilines is 1. The maximum absolute atomic E-state index is 11.2. The lowest BCUT2D eigenvalue weighted by molar-refractivity contribution is -0.141. The molecular weight excluding hydrogens is 400 g/mol. The van der Waals surface area contributed by atoms with Crippen LogP contribution in [-0.2, 0) is 9.53 Å². The third-order valence-electron chi connectivity index (χ3n) is 2.82. The van der Waals surface area contributed by atoms with Gasteiger partial charge in [0.1, 0.15) is 12.6 Å². The van der Waals surface area contributed by atoms with Crippen LogP contribution < -0.4 is 5.32 Å². The van der Waals surface area contributed by atoms with Crippen LogP contribution in [0.1, 0.15) is 0 Å². The Bertz CT molecular complexity index is 1360. The molecule has 1 aromatic rings. The van der Waals surface area contributed by atoms with Crippen LogP contribution in [0.15, 0.2) is 24.5 Å². The fourth-order valence-corrected chi connectivity index (χ4v) is 1.52. The van der Waals surface area contributed by atoms with Crippen LogP contribution in [0.4, 0.5) is 5.69 Å². The predicted octanol–water partition coefficient (Wildman–Crippen LogP) is 0.829. The number of aromatic nitrogens is 1. The van der Waals surface area contributed by atoms with Gasteiger partial charge in [-0.05, 0) is 107 Å². The van der Waals surface area contributed by atoms with Gasteiger partial charge in [0, 0.05) is 12.4 Å². The quantitative estimate of drug-likeness (QED) is 0.412. The third-order valence-corrected chi connectivity index (χ3v) is 2.82. The molecule has 0 fully saturated rings. The second kappa shape index (κ2) is 17.5. The normalized spacial score (nSPS) is 7.72. The van der Waals surface area contributed by atoms with Crippen LogP contribution in [0.2, 0.25) is 0 Å². The van der Waals surface area contributed by atoms with E-state index in [9.17, 15) is 4.79 Å². The zero-order chi connectivity index (χ0) is 23.1. The molecule has 0 aliphatic heterocycles. The highest BCUT2D eigenvalue weighted by atomic mass is 16.5. The van der Waals surface area contributed by atoms with Crippen molar-refractivity contribution in [2.24, 2.45) is 5.92 Å². The van der Waals surface area contributed by atoms with E-state index in [2.05, 4.69) is 111 Å². The molecule has 0 spiro atoms. The Morgan fingerprint density at radius 1 is 0.938 bits per heavy atom. The Balaban J connectivity index is 2.44. The predicted molar refractivity (Wildman–Crippen MR) is 121 cm³/mol. The molecule has 0 aromatic carbocycles. The van der Waals surface area contributed by atoms with E-state index < -0.39 is 11.9 Å². The average molecular weight is 412 g/mol. The highest BCUT2D eigenvalue weighted by Crippen LogP contribution is 2.02. The zero-order valence-electron chi connectivity index (χ0n) is 16.6. The minimum atomic E-state index is -1.11. The van der Waals surface area contributed by atoms with E-state index in [0.29, 0.717) is 0 Å². The molecular formula is C27H12N2O3. The Labute approximate surface area is 187 Å². The van der Waals surface area contributed by atoms with Crippen LogP contribution in [0.3, 0.4) is 0 Å². The van der Waals surface area contributed by atoms with E-state index >= 15 is 0 Å². The van der Waals surface area contributed by atoms with Crippen molar-refractivity contribution in [2.45, 2.75) is 0 Å². The molecule has 1 unspecified atom stereocenters. The second-order valence-corrected chi connectivity index (χ2v) is 4.99. The maximum Gasteiger partial charge on any atom is 0.321 e. The lowest BCUT2D eigenvalue weighted by Gasteiger charge is -2.08. The number of nitrogens with zero attached hydrogens (tertiary/aromatic N) is 1. The van der Waals surface area contributed by atoms with Crippen molar-refractivity contribution >= 4 is 11.7 Å². The number of hydrogen-bond donors (Lipinski definition) is 2. The Kier molecular flexibility index (Phi) is 13.4. The van der Waals surface area contributed by atoms with Crippen LogP contribution in [0.5, 0.6) is 0 Å². The number of pyridine rings is 1. The van der Waals surface area contributed by atoms with E-state index in [-0.39, 0.29) is 13.3 Å². The van der Waals surface area contributed by atoms with Gasteiger partial charge in [-0.2, -0.15) is 0 Å². The van der Waals surface area contributed by atoms with Crippen molar-refractivity contribution in [3.05, 3.63) is 24.5 Å². The number of carbonyl (C=O) groups is 1. The van der Waals surface area contributed by atoms with E-state index in [0.717, 1.165) is 5.69 Å². The summed E-state index contributed by atoms with van der Waals surface area (Å²) in [5, 5.41) is 12.1. The van der Waals surface area contributed by atoms with Gasteiger partial charge in [0.2, 0.25) is 0 Å². The summed E-state index contributed by atoms with van der Waals surface area (Å²) in [4.78, 5) is 15.1. The van der Waals surface area contributed by atoms with Gasteiger partial charge in [-0.1, -0.05) is 5.92 Å². The molecule has 32 heavy (non-hydrogen) atoms. The smallest absolute Gasteiger partial charge is 0.321 e. The number of nitrogens with one attached hydrogen (secondary N) is 1. The van der Waals surface area contributed by atoms with Gasteiger partial charge in [0.15, 0.2) is 0 Å². The summed E-state index contributed by atoms with van der Waals surface area (Å²) in [5.41, 5.74) is 0.758. The molecule has 2 N–H and O–H groups in total. The number of ether oxygens (including phenoxy) is 1. The molecule has 5 heteroatoms. The highest BCUT2D eigenvalue weighted by molar-refractivity contribution is 5.74. The highest BCUT2D eigenvalue weighted by Gasteiger charge is 2.14. The lowest BCUT2D eigenvalue weighted by atomic mass is 10.2. The molecule has 0 bridgehead atoms. The first-order valence-electron chi connectivity index (χ1n) is 8.64. The first-order chi connectivity index (χ1) is 15.7. The molecule has 0 amide bonds. The van der Waals surface area contributed by atoms with E-state index in [4.69, 9.17) is 16.3 Å². The zero-order valence-corrected chi connectivity index (χ0v) is 16.6. The van der Waals surface area contributed by atoms with Crippen LogP contribution in [-0.4, -0.2) is 29.4 Å². The lowest BCUT2D eigenvalue weighted by Crippen LogP contribution is -2.20. The van der Waals surface area contributed by atoms with E-state index in [1.54, 1.807) is 18.5 Å². The average Bonchev–Trinajstić information content (AvgIpc) is 2.80. The molecule has 5 nitrogen and oxygen atoms in total. The molecule has 0 saturated carbocycles. The summed E-state index contributed by atoms with van der Waals surface area (Å²) in [6.07, 6.45) is 8.19. The van der Waals surface area contributed by atoms with Crippen molar-refractivity contribution < 1.29 is 14.6 Å². The first-order valence-corrected chi connectivity index (χ1v) is 8.64. The Hall–Kier alpha value is -5.58. The standard InChI is InChI=1S/C27H12N2O3/c1-2-3-4-5-6-7-8-9-10-11-12-13-14-15-16-17-19-25(27(30)31)23-32-24-29-26-20-18-21-28-22-26/h1,18,20-22,25,29H,23-24H2,(H,30,31). The molecule has 0 radical (unpaired) electrons. The number of rotatable bonds is 6. The molecule has 0 aliphatic rings. The number of carboxylic acid groups (broad SMARTS) is 1. The summed E-state index contributed by atoms with van der Waals surface area (Å²) >= 11 is 0. The first kappa shape index (κ1) is 24.5. The monoisotopic (exact) mass is 412 g/mol. The number of terminal acetylenes is 1. The molecule has 0 saturated heterocycles. The van der Waals surface area contributed by atoms with E-state index in [1.807, 2.05) is 6.07 Å². The third kappa shape index (κ3) is 13.6. The minimum absolute atomic E-state index is 0.0973. The number of aliphatic carboxylic acids is 1. The van der Waals surface area contributed by atoms with Gasteiger partial charge in [-0.3, -0.25) is 9.78 Å². The summed E-state index contributed by atoms with van der Waals surface area (Å²) in [6.45, 7) is 0.0237. The molecule has 148 valence electrons. The van der Waals surface area contributed by atoms with Crippen molar-refractivity contribution in [3.63, 3.8) is 0 Å². The molecule has 1 atom stereocenters. The van der Waals surface area contributed by atoms with Gasteiger partial charge < -0.3 is 15.2 Å². The van der Waals surface area contributed by atoms with Gasteiger partial charge in [-0.25, -0.2) is 0 Å². The van der Waals surface area contributed by atoms with Crippen molar-refractivity contribution in [3.8, 4) is 107 Å². The largest absolute Gasteiger partial charge is 0.480 e. The molecule has 1 heterocycles. The van der Waals surface area contributed by atoms with Gasteiger partial charge in [0.25, 0.3) is 0 Å². The summed E-state index contributed by atoms with van der Waals surface area (Å²) < 4.78 is 5.28. The topological polar surface area (TPSA) is 71.5 Å². The second-order valence-electron chi connectivity index (χ2n) is 4.99. The van der Waals surface area contributed by atoms with Crippen molar-refractivity contribution in [1.29, 1.82) is 0 Å². The summed E-state index contributed by atoms with van der Waals surface area (Å²) in [6, 6.07) is 3.57. The van der Waals surface area contributed by atoms with Crippen LogP contribution >= 0.6 is 0 Å². The Morgan fingerprint density at radius 3 is 1.94 bits per heavy atom. The minimum Gasteiger partial charge on any atom is -0.480 e. The maximum atomic E-state index is 11.2. The van der Waals surface area contributed by atoms with Crippen LogP contribution in [0.25, 0.3) is 0 Å². The fourth-order valence-electron chi connectivity index (χ4n) is 1.52. The number of carboxylic acids is 1. The van der Waals surface area contributed by atoms with Crippen molar-refractivity contribution in [2.75, 3.05) is 18.7 Å². The molecule has 1 rings (SSSR count). The summed E-state index contributed by atoms with van der Waals surface area (Å²) in [5.74, 6) is 39.1. The van der Waals surface area contributed by atoms with Gasteiger partial charge in [-0.15, -0.1) is 6.42 Å². The molecule has 1 aromatic heterocycles. The van der Waals surface area contributed by atoms with Crippen molar-refractivity contribution in [1.82, 2.24) is 4.98 Å². The molecule has 0 aliphatic carbocycles. The fraction of sp³-hybridized carbons (Fsp3) is 0.111. The SMILES string of the molecule is C#CC#CC#CC#CC#CC#CC#CC#CC#CC(COCNc1cccnc1)C(=O)O. The number of hydrogen-bond acceptors (Lipinski definition) is 4. The Morgan fingerprint density at radius 2 is 1.47 bits per heavy atom. The van der Waals surface area contributed by atoms with Gasteiger partial charge in [0.05, 0.1) is 12.3 Å².